The Labute approximate surface area is 118 Å². The normalized spacial score (nSPS) is 18.9. The molecule has 1 unspecified atom stereocenters. The molecule has 4 heteroatoms. The molecule has 0 radical (unpaired) electrons. The Morgan fingerprint density at radius 2 is 2.25 bits per heavy atom. The molecule has 0 heterocycles. The van der Waals surface area contributed by atoms with E-state index in [0.717, 1.165) is 6.42 Å². The molecule has 2 N–H and O–H groups in total. The van der Waals surface area contributed by atoms with Crippen LogP contribution in [0.2, 0.25) is 0 Å². The van der Waals surface area contributed by atoms with Crippen molar-refractivity contribution in [2.45, 2.75) is 26.7 Å². The SMILES string of the molecule is CC1(C)CC1C(=O)Nc1ccc(C#CCCO)cc1F. The number of carbonyl (C=O) groups excluding carboxylic acids is 1. The summed E-state index contributed by atoms with van der Waals surface area (Å²) < 4.78 is 13.9. The van der Waals surface area contributed by atoms with Gasteiger partial charge in [-0.1, -0.05) is 25.7 Å². The van der Waals surface area contributed by atoms with E-state index in [1.807, 2.05) is 13.8 Å². The molecule has 1 aromatic carbocycles. The molecule has 2 rings (SSSR count). The monoisotopic (exact) mass is 275 g/mol. The van der Waals surface area contributed by atoms with Crippen molar-refractivity contribution < 1.29 is 14.3 Å². The summed E-state index contributed by atoms with van der Waals surface area (Å²) in [6.45, 7) is 4.03. The van der Waals surface area contributed by atoms with E-state index in [9.17, 15) is 9.18 Å². The Balaban J connectivity index is 2.03. The van der Waals surface area contributed by atoms with Crippen molar-refractivity contribution in [2.24, 2.45) is 11.3 Å². The highest BCUT2D eigenvalue weighted by atomic mass is 19.1. The fourth-order valence-corrected chi connectivity index (χ4v) is 2.05. The van der Waals surface area contributed by atoms with Gasteiger partial charge in [0.25, 0.3) is 0 Å². The molecule has 106 valence electrons. The van der Waals surface area contributed by atoms with Crippen molar-refractivity contribution in [1.82, 2.24) is 0 Å². The van der Waals surface area contributed by atoms with Crippen LogP contribution in [0.3, 0.4) is 0 Å². The molecule has 1 aromatic rings. The van der Waals surface area contributed by atoms with E-state index in [2.05, 4.69) is 17.2 Å². The number of rotatable bonds is 3. The van der Waals surface area contributed by atoms with Gasteiger partial charge in [-0.05, 0) is 30.0 Å². The number of halogens is 1. The molecule has 1 saturated carbocycles. The van der Waals surface area contributed by atoms with Gasteiger partial charge in [-0.2, -0.15) is 0 Å². The number of amides is 1. The number of nitrogens with one attached hydrogen (secondary N) is 1. The second-order valence-electron chi connectivity index (χ2n) is 5.70. The van der Waals surface area contributed by atoms with Gasteiger partial charge in [0, 0.05) is 17.9 Å². The number of aliphatic hydroxyl groups is 1. The van der Waals surface area contributed by atoms with Crippen LogP contribution in [0.15, 0.2) is 18.2 Å². The van der Waals surface area contributed by atoms with Crippen LogP contribution in [0.5, 0.6) is 0 Å². The Kier molecular flexibility index (Phi) is 4.10. The molecule has 1 atom stereocenters. The number of aliphatic hydroxyl groups excluding tert-OH is 1. The Morgan fingerprint density at radius 1 is 1.55 bits per heavy atom. The summed E-state index contributed by atoms with van der Waals surface area (Å²) in [5.74, 6) is 4.82. The van der Waals surface area contributed by atoms with Crippen LogP contribution in [0.1, 0.15) is 32.3 Å². The van der Waals surface area contributed by atoms with Crippen molar-refractivity contribution >= 4 is 11.6 Å². The summed E-state index contributed by atoms with van der Waals surface area (Å²) in [5, 5.41) is 11.2. The Morgan fingerprint density at radius 3 is 2.80 bits per heavy atom. The third kappa shape index (κ3) is 3.37. The first-order valence-electron chi connectivity index (χ1n) is 6.64. The van der Waals surface area contributed by atoms with Gasteiger partial charge in [-0.25, -0.2) is 4.39 Å². The highest BCUT2D eigenvalue weighted by Gasteiger charge is 2.50. The minimum Gasteiger partial charge on any atom is -0.395 e. The van der Waals surface area contributed by atoms with Crippen LogP contribution in [0.25, 0.3) is 0 Å². The van der Waals surface area contributed by atoms with Gasteiger partial charge >= 0.3 is 0 Å². The van der Waals surface area contributed by atoms with Gasteiger partial charge in [0.15, 0.2) is 0 Å². The number of anilines is 1. The molecule has 0 spiro atoms. The second-order valence-corrected chi connectivity index (χ2v) is 5.70. The standard InChI is InChI=1S/C16H18FNO2/c1-16(2)10-12(16)15(20)18-14-7-6-11(9-13(14)17)5-3-4-8-19/h6-7,9,12,19H,4,8,10H2,1-2H3,(H,18,20). The fourth-order valence-electron chi connectivity index (χ4n) is 2.05. The van der Waals surface area contributed by atoms with Gasteiger partial charge in [0.2, 0.25) is 5.91 Å². The summed E-state index contributed by atoms with van der Waals surface area (Å²) in [6.07, 6.45) is 1.20. The Hall–Kier alpha value is -1.86. The first kappa shape index (κ1) is 14.5. The maximum atomic E-state index is 13.9. The number of hydrogen-bond acceptors (Lipinski definition) is 2. The Bertz CT molecular complexity index is 584. The van der Waals surface area contributed by atoms with Crippen LogP contribution in [0.4, 0.5) is 10.1 Å². The summed E-state index contributed by atoms with van der Waals surface area (Å²) in [6, 6.07) is 4.46. The summed E-state index contributed by atoms with van der Waals surface area (Å²) in [7, 11) is 0. The second kappa shape index (κ2) is 5.64. The average Bonchev–Trinajstić information content (AvgIpc) is 3.02. The van der Waals surface area contributed by atoms with E-state index in [1.54, 1.807) is 6.07 Å². The summed E-state index contributed by atoms with van der Waals surface area (Å²) in [4.78, 5) is 11.9. The minimum atomic E-state index is -0.493. The van der Waals surface area contributed by atoms with Crippen LogP contribution in [0, 0.1) is 29.0 Å². The average molecular weight is 275 g/mol. The van der Waals surface area contributed by atoms with E-state index >= 15 is 0 Å². The third-order valence-corrected chi connectivity index (χ3v) is 3.53. The van der Waals surface area contributed by atoms with Crippen LogP contribution < -0.4 is 5.32 Å². The van der Waals surface area contributed by atoms with Crippen LogP contribution in [-0.2, 0) is 4.79 Å². The van der Waals surface area contributed by atoms with Crippen LogP contribution in [-0.4, -0.2) is 17.6 Å². The maximum Gasteiger partial charge on any atom is 0.228 e. The lowest BCUT2D eigenvalue weighted by atomic mass is 10.1. The van der Waals surface area contributed by atoms with Gasteiger partial charge in [0.1, 0.15) is 5.82 Å². The number of hydrogen-bond donors (Lipinski definition) is 2. The minimum absolute atomic E-state index is 0.0131. The zero-order valence-electron chi connectivity index (χ0n) is 11.7. The zero-order valence-corrected chi connectivity index (χ0v) is 11.7. The van der Waals surface area contributed by atoms with Gasteiger partial charge in [-0.15, -0.1) is 0 Å². The smallest absolute Gasteiger partial charge is 0.228 e. The van der Waals surface area contributed by atoms with E-state index in [0.29, 0.717) is 12.0 Å². The summed E-state index contributed by atoms with van der Waals surface area (Å²) >= 11 is 0. The lowest BCUT2D eigenvalue weighted by Gasteiger charge is -2.07. The largest absolute Gasteiger partial charge is 0.395 e. The zero-order chi connectivity index (χ0) is 14.8. The molecule has 0 aliphatic heterocycles. The van der Waals surface area contributed by atoms with Crippen molar-refractivity contribution in [3.63, 3.8) is 0 Å². The van der Waals surface area contributed by atoms with E-state index in [4.69, 9.17) is 5.11 Å². The molecule has 1 amide bonds. The molecule has 3 nitrogen and oxygen atoms in total. The van der Waals surface area contributed by atoms with Crippen LogP contribution >= 0.6 is 0 Å². The molecular weight excluding hydrogens is 257 g/mol. The first-order valence-corrected chi connectivity index (χ1v) is 6.64. The molecule has 20 heavy (non-hydrogen) atoms. The third-order valence-electron chi connectivity index (χ3n) is 3.53. The fraction of sp³-hybridized carbons (Fsp3) is 0.438. The van der Waals surface area contributed by atoms with E-state index in [1.165, 1.54) is 12.1 Å². The molecule has 1 aliphatic carbocycles. The van der Waals surface area contributed by atoms with Crippen molar-refractivity contribution in [3.8, 4) is 11.8 Å². The number of carbonyl (C=O) groups is 1. The highest BCUT2D eigenvalue weighted by molar-refractivity contribution is 5.95. The first-order chi connectivity index (χ1) is 9.44. The molecule has 0 aromatic heterocycles. The predicted octanol–water partition coefficient (Wildman–Crippen LogP) is 2.54. The molecule has 0 saturated heterocycles. The highest BCUT2D eigenvalue weighted by Crippen LogP contribution is 2.52. The van der Waals surface area contributed by atoms with Gasteiger partial charge < -0.3 is 10.4 Å². The van der Waals surface area contributed by atoms with Gasteiger partial charge in [0.05, 0.1) is 12.3 Å². The lowest BCUT2D eigenvalue weighted by Crippen LogP contribution is -2.17. The molecule has 0 bridgehead atoms. The molecule has 1 fully saturated rings. The molecule has 1 aliphatic rings. The van der Waals surface area contributed by atoms with Crippen molar-refractivity contribution in [1.29, 1.82) is 0 Å². The van der Waals surface area contributed by atoms with Crippen molar-refractivity contribution in [3.05, 3.63) is 29.6 Å². The lowest BCUT2D eigenvalue weighted by molar-refractivity contribution is -0.118. The predicted molar refractivity (Wildman–Crippen MR) is 75.5 cm³/mol. The maximum absolute atomic E-state index is 13.9. The summed E-state index contributed by atoms with van der Waals surface area (Å²) in [5.41, 5.74) is 0.738. The molecular formula is C16H18FNO2. The number of benzene rings is 1. The van der Waals surface area contributed by atoms with Gasteiger partial charge in [-0.3, -0.25) is 4.79 Å². The van der Waals surface area contributed by atoms with E-state index in [-0.39, 0.29) is 29.5 Å². The van der Waals surface area contributed by atoms with Crippen molar-refractivity contribution in [2.75, 3.05) is 11.9 Å². The quantitative estimate of drug-likeness (QED) is 0.833. The topological polar surface area (TPSA) is 49.3 Å². The van der Waals surface area contributed by atoms with E-state index < -0.39 is 5.82 Å².